The summed E-state index contributed by atoms with van der Waals surface area (Å²) in [5.74, 6) is 0.777. The second-order valence-corrected chi connectivity index (χ2v) is 9.59. The molecule has 2 saturated heterocycles. The number of halogens is 2. The first-order valence-corrected chi connectivity index (χ1v) is 12.3. The summed E-state index contributed by atoms with van der Waals surface area (Å²) in [6, 6.07) is 11.9. The van der Waals surface area contributed by atoms with Crippen molar-refractivity contribution in [2.75, 3.05) is 44.2 Å². The summed E-state index contributed by atoms with van der Waals surface area (Å²) >= 11 is 5.94. The zero-order chi connectivity index (χ0) is 25.5. The van der Waals surface area contributed by atoms with Crippen LogP contribution >= 0.6 is 11.6 Å². The van der Waals surface area contributed by atoms with Gasteiger partial charge in [-0.3, -0.25) is 9.69 Å². The van der Waals surface area contributed by atoms with E-state index in [0.29, 0.717) is 78.0 Å². The van der Waals surface area contributed by atoms with Gasteiger partial charge >= 0.3 is 6.08 Å². The maximum atomic E-state index is 14.3. The van der Waals surface area contributed by atoms with Crippen molar-refractivity contribution in [3.05, 3.63) is 59.1 Å². The van der Waals surface area contributed by atoms with E-state index in [-0.39, 0.29) is 11.9 Å². The van der Waals surface area contributed by atoms with Gasteiger partial charge in [0.05, 0.1) is 17.7 Å². The first-order chi connectivity index (χ1) is 18.0. The van der Waals surface area contributed by atoms with Crippen LogP contribution in [0.1, 0.15) is 10.4 Å². The third-order valence-corrected chi connectivity index (χ3v) is 7.22. The number of amides is 1. The van der Waals surface area contributed by atoms with Gasteiger partial charge in [-0.25, -0.2) is 4.98 Å². The molecule has 2 aromatic heterocycles. The van der Waals surface area contributed by atoms with Crippen molar-refractivity contribution in [1.29, 1.82) is 0 Å². The summed E-state index contributed by atoms with van der Waals surface area (Å²) in [5.41, 5.74) is 1.74. The van der Waals surface area contributed by atoms with E-state index in [1.807, 2.05) is 9.80 Å². The SMILES string of the molecule is O=C(c1ccc(Cl)cc1)N1CCN([C@H]2CN(c3nc(F)nc4ccc(-c5nn[nH]n5)cc34)C[C@@H]2O)CC1. The molecule has 2 aromatic carbocycles. The van der Waals surface area contributed by atoms with Crippen molar-refractivity contribution in [1.82, 2.24) is 40.4 Å². The molecule has 2 atom stereocenters. The molecule has 6 rings (SSSR count). The van der Waals surface area contributed by atoms with E-state index >= 15 is 0 Å². The van der Waals surface area contributed by atoms with Crippen molar-refractivity contribution in [3.8, 4) is 11.4 Å². The number of β-amino-alcohol motifs (C(OH)–C–C–N with tert-alkyl or cyclic N) is 1. The van der Waals surface area contributed by atoms with Crippen LogP contribution in [0.4, 0.5) is 10.2 Å². The monoisotopic (exact) mass is 523 g/mol. The van der Waals surface area contributed by atoms with Crippen LogP contribution in [0.5, 0.6) is 0 Å². The predicted octanol–water partition coefficient (Wildman–Crippen LogP) is 1.61. The molecule has 2 fully saturated rings. The smallest absolute Gasteiger partial charge is 0.311 e. The zero-order valence-corrected chi connectivity index (χ0v) is 20.4. The maximum absolute atomic E-state index is 14.3. The first-order valence-electron chi connectivity index (χ1n) is 11.9. The van der Waals surface area contributed by atoms with Crippen LogP contribution in [0.15, 0.2) is 42.5 Å². The average molecular weight is 524 g/mol. The number of aromatic nitrogens is 6. The van der Waals surface area contributed by atoms with Crippen LogP contribution in [-0.4, -0.2) is 103 Å². The zero-order valence-electron chi connectivity index (χ0n) is 19.6. The van der Waals surface area contributed by atoms with Gasteiger partial charge in [0.15, 0.2) is 0 Å². The number of hydrogen-bond donors (Lipinski definition) is 2. The number of carbonyl (C=O) groups is 1. The first kappa shape index (κ1) is 23.6. The number of aliphatic hydroxyl groups is 1. The summed E-state index contributed by atoms with van der Waals surface area (Å²) in [4.78, 5) is 26.7. The highest BCUT2D eigenvalue weighted by Crippen LogP contribution is 2.31. The molecular formula is C24H23ClFN9O2. The maximum Gasteiger partial charge on any atom is 0.311 e. The van der Waals surface area contributed by atoms with Gasteiger partial charge in [-0.2, -0.15) is 14.6 Å². The second-order valence-electron chi connectivity index (χ2n) is 9.16. The van der Waals surface area contributed by atoms with Crippen LogP contribution in [-0.2, 0) is 0 Å². The summed E-state index contributed by atoms with van der Waals surface area (Å²) in [6.45, 7) is 3.09. The highest BCUT2D eigenvalue weighted by molar-refractivity contribution is 6.30. The highest BCUT2D eigenvalue weighted by Gasteiger charge is 2.38. The van der Waals surface area contributed by atoms with Gasteiger partial charge in [0.1, 0.15) is 5.82 Å². The minimum Gasteiger partial charge on any atom is -0.390 e. The second kappa shape index (κ2) is 9.61. The molecule has 0 unspecified atom stereocenters. The number of nitrogens with one attached hydrogen (secondary N) is 1. The van der Waals surface area contributed by atoms with Crippen LogP contribution < -0.4 is 4.90 Å². The predicted molar refractivity (Wildman–Crippen MR) is 134 cm³/mol. The molecule has 4 heterocycles. The quantitative estimate of drug-likeness (QED) is 0.383. The normalized spacial score (nSPS) is 20.6. The largest absolute Gasteiger partial charge is 0.390 e. The molecule has 37 heavy (non-hydrogen) atoms. The Morgan fingerprint density at radius 2 is 1.84 bits per heavy atom. The Balaban J connectivity index is 1.18. The molecule has 4 aromatic rings. The van der Waals surface area contributed by atoms with E-state index in [9.17, 15) is 14.3 Å². The van der Waals surface area contributed by atoms with E-state index in [4.69, 9.17) is 11.6 Å². The molecule has 0 spiro atoms. The standard InChI is InChI=1S/C24H23ClFN9O2/c25-16-4-1-14(2-5-16)23(37)34-9-7-33(8-10-34)19-12-35(13-20(19)36)22-17-11-15(21-29-31-32-30-21)3-6-18(17)27-24(26)28-22/h1-6,11,19-20,36H,7-10,12-13H2,(H,29,30,31,32)/t19-,20-/m0/s1. The number of rotatable bonds is 4. The fourth-order valence-electron chi connectivity index (χ4n) is 5.08. The van der Waals surface area contributed by atoms with E-state index in [1.165, 1.54) is 0 Å². The van der Waals surface area contributed by atoms with Crippen molar-refractivity contribution in [3.63, 3.8) is 0 Å². The lowest BCUT2D eigenvalue weighted by molar-refractivity contribution is 0.0376. The van der Waals surface area contributed by atoms with Crippen LogP contribution in [0.2, 0.25) is 5.02 Å². The molecule has 2 N–H and O–H groups in total. The van der Waals surface area contributed by atoms with Crippen molar-refractivity contribution < 1.29 is 14.3 Å². The van der Waals surface area contributed by atoms with Crippen LogP contribution in [0, 0.1) is 6.08 Å². The number of piperazine rings is 1. The average Bonchev–Trinajstić information content (AvgIpc) is 3.58. The van der Waals surface area contributed by atoms with Gasteiger partial charge in [-0.05, 0) is 47.7 Å². The van der Waals surface area contributed by atoms with Gasteiger partial charge in [0.2, 0.25) is 5.82 Å². The number of hydrogen-bond acceptors (Lipinski definition) is 9. The number of carbonyl (C=O) groups excluding carboxylic acids is 1. The number of fused-ring (bicyclic) bond motifs is 1. The van der Waals surface area contributed by atoms with Crippen molar-refractivity contribution in [2.45, 2.75) is 12.1 Å². The summed E-state index contributed by atoms with van der Waals surface area (Å²) in [7, 11) is 0. The topological polar surface area (TPSA) is 127 Å². The number of benzene rings is 2. The summed E-state index contributed by atoms with van der Waals surface area (Å²) in [5, 5.41) is 26.2. The number of aliphatic hydroxyl groups excluding tert-OH is 1. The lowest BCUT2D eigenvalue weighted by Gasteiger charge is -2.38. The molecule has 0 saturated carbocycles. The van der Waals surface area contributed by atoms with E-state index in [0.717, 1.165) is 0 Å². The number of anilines is 1. The molecule has 190 valence electrons. The van der Waals surface area contributed by atoms with Crippen LogP contribution in [0.3, 0.4) is 0 Å². The van der Waals surface area contributed by atoms with E-state index < -0.39 is 12.2 Å². The summed E-state index contributed by atoms with van der Waals surface area (Å²) in [6.07, 6.45) is -1.49. The van der Waals surface area contributed by atoms with Gasteiger partial charge in [0.25, 0.3) is 5.91 Å². The molecule has 2 aliphatic rings. The Morgan fingerprint density at radius 1 is 1.05 bits per heavy atom. The number of nitrogens with zero attached hydrogens (tertiary/aromatic N) is 8. The number of tetrazole rings is 1. The Morgan fingerprint density at radius 3 is 2.57 bits per heavy atom. The Labute approximate surface area is 215 Å². The summed E-state index contributed by atoms with van der Waals surface area (Å²) < 4.78 is 14.3. The van der Waals surface area contributed by atoms with Crippen LogP contribution in [0.25, 0.3) is 22.3 Å². The Kier molecular flexibility index (Phi) is 6.14. The van der Waals surface area contributed by atoms with E-state index in [1.54, 1.807) is 42.5 Å². The fourth-order valence-corrected chi connectivity index (χ4v) is 5.21. The van der Waals surface area contributed by atoms with Crippen molar-refractivity contribution >= 4 is 34.2 Å². The lowest BCUT2D eigenvalue weighted by atomic mass is 10.1. The molecule has 1 amide bonds. The number of H-pyrrole nitrogens is 1. The fraction of sp³-hybridized carbons (Fsp3) is 0.333. The minimum absolute atomic E-state index is 0.0368. The molecule has 11 nitrogen and oxygen atoms in total. The van der Waals surface area contributed by atoms with Gasteiger partial charge < -0.3 is 14.9 Å². The molecule has 13 heteroatoms. The molecular weight excluding hydrogens is 501 g/mol. The third kappa shape index (κ3) is 4.59. The Hall–Kier alpha value is -3.74. The van der Waals surface area contributed by atoms with E-state index in [2.05, 4.69) is 35.5 Å². The molecule has 0 radical (unpaired) electrons. The van der Waals surface area contributed by atoms with Gasteiger partial charge in [0, 0.05) is 60.8 Å². The minimum atomic E-state index is -0.831. The molecule has 0 bridgehead atoms. The number of aromatic amines is 1. The lowest BCUT2D eigenvalue weighted by Crippen LogP contribution is -2.54. The Bertz CT molecular complexity index is 1430. The highest BCUT2D eigenvalue weighted by atomic mass is 35.5. The third-order valence-electron chi connectivity index (χ3n) is 6.97. The van der Waals surface area contributed by atoms with Crippen molar-refractivity contribution in [2.24, 2.45) is 0 Å². The molecule has 0 aliphatic carbocycles. The van der Waals surface area contributed by atoms with Gasteiger partial charge in [-0.1, -0.05) is 11.6 Å². The molecule has 2 aliphatic heterocycles. The van der Waals surface area contributed by atoms with Gasteiger partial charge in [-0.15, -0.1) is 10.2 Å².